The van der Waals surface area contributed by atoms with Crippen molar-refractivity contribution in [2.75, 3.05) is 5.32 Å². The van der Waals surface area contributed by atoms with Crippen LogP contribution in [-0.2, 0) is 11.2 Å². The maximum atomic E-state index is 12.2. The predicted octanol–water partition coefficient (Wildman–Crippen LogP) is 4.41. The number of amides is 1. The second kappa shape index (κ2) is 7.80. The lowest BCUT2D eigenvalue weighted by molar-refractivity contribution is -0.384. The summed E-state index contributed by atoms with van der Waals surface area (Å²) in [4.78, 5) is 23.1. The fourth-order valence-electron chi connectivity index (χ4n) is 2.45. The van der Waals surface area contributed by atoms with Gasteiger partial charge in [-0.25, -0.2) is 0 Å². The number of carbonyl (C=O) groups is 1. The van der Waals surface area contributed by atoms with E-state index in [-0.39, 0.29) is 17.1 Å². The number of nitrogens with zero attached hydrogens (tertiary/aromatic N) is 1. The molecule has 0 aromatic heterocycles. The normalized spacial score (nSPS) is 18.0. The van der Waals surface area contributed by atoms with Crippen LogP contribution in [0.4, 0.5) is 11.4 Å². The number of non-ortho nitro benzene ring substituents is 1. The Morgan fingerprint density at radius 3 is 2.69 bits per heavy atom. The number of thioether (sulfide) groups is 1. The average Bonchev–Trinajstić information content (AvgIpc) is 2.96. The lowest BCUT2D eigenvalue weighted by atomic mass is 10.1. The minimum absolute atomic E-state index is 0.0738. The number of halogens is 1. The summed E-state index contributed by atoms with van der Waals surface area (Å²) in [6.07, 6.45) is 2.53. The number of nitro groups is 1. The first-order valence-corrected chi connectivity index (χ1v) is 9.20. The van der Waals surface area contributed by atoms with Gasteiger partial charge in [-0.1, -0.05) is 42.4 Å². The lowest BCUT2D eigenvalue weighted by Crippen LogP contribution is -2.30. The van der Waals surface area contributed by atoms with Crippen LogP contribution >= 0.6 is 23.4 Å². The second-order valence-corrected chi connectivity index (χ2v) is 7.19. The van der Waals surface area contributed by atoms with Crippen molar-refractivity contribution in [2.24, 2.45) is 0 Å². The summed E-state index contributed by atoms with van der Waals surface area (Å²) in [5.74, 6) is -0.250. The van der Waals surface area contributed by atoms with Crippen LogP contribution in [0.2, 0.25) is 5.02 Å². The quantitative estimate of drug-likeness (QED) is 0.449. The first kappa shape index (κ1) is 18.3. The third kappa shape index (κ3) is 4.17. The molecule has 1 aliphatic heterocycles. The Kier molecular flexibility index (Phi) is 5.49. The van der Waals surface area contributed by atoms with Crippen molar-refractivity contribution in [1.29, 1.82) is 0 Å². The number of hydrogen-bond acceptors (Lipinski definition) is 5. The molecule has 0 spiro atoms. The van der Waals surface area contributed by atoms with E-state index >= 15 is 0 Å². The summed E-state index contributed by atoms with van der Waals surface area (Å²) < 4.78 is 0. The molecule has 0 unspecified atom stereocenters. The highest BCUT2D eigenvalue weighted by Crippen LogP contribution is 2.32. The van der Waals surface area contributed by atoms with Gasteiger partial charge in [0.15, 0.2) is 5.50 Å². The molecule has 1 saturated heterocycles. The molecule has 0 aliphatic carbocycles. The molecule has 2 N–H and O–H groups in total. The van der Waals surface area contributed by atoms with Crippen LogP contribution in [0.3, 0.4) is 0 Å². The molecule has 1 heterocycles. The molecule has 6 nitrogen and oxygen atoms in total. The van der Waals surface area contributed by atoms with Crippen molar-refractivity contribution in [2.45, 2.75) is 18.8 Å². The Hall–Kier alpha value is -2.51. The molecule has 134 valence electrons. The van der Waals surface area contributed by atoms with Gasteiger partial charge in [-0.2, -0.15) is 0 Å². The largest absolute Gasteiger partial charge is 0.357 e. The SMILES string of the molecule is CCc1ccc(N[C@@H]2NC(=O)/C(=C/c3cc([N+](=O)[O-])ccc3Cl)S2)cc1. The van der Waals surface area contributed by atoms with Crippen LogP contribution in [0.5, 0.6) is 0 Å². The number of nitro benzene ring substituents is 1. The first-order valence-electron chi connectivity index (χ1n) is 7.95. The Labute approximate surface area is 159 Å². The molecular formula is C18H16ClN3O3S. The fourth-order valence-corrected chi connectivity index (χ4v) is 3.60. The van der Waals surface area contributed by atoms with E-state index in [1.54, 1.807) is 6.08 Å². The molecule has 1 fully saturated rings. The van der Waals surface area contributed by atoms with E-state index in [0.29, 0.717) is 15.5 Å². The molecule has 2 aromatic rings. The zero-order chi connectivity index (χ0) is 18.7. The summed E-state index contributed by atoms with van der Waals surface area (Å²) in [5.41, 5.74) is 2.18. The molecule has 8 heteroatoms. The average molecular weight is 390 g/mol. The highest BCUT2D eigenvalue weighted by Gasteiger charge is 2.27. The molecule has 0 saturated carbocycles. The summed E-state index contributed by atoms with van der Waals surface area (Å²) in [7, 11) is 0. The smallest absolute Gasteiger partial charge is 0.270 e. The van der Waals surface area contributed by atoms with Crippen LogP contribution in [-0.4, -0.2) is 16.3 Å². The Bertz CT molecular complexity index is 884. The van der Waals surface area contributed by atoms with Crippen molar-refractivity contribution in [3.63, 3.8) is 0 Å². The Morgan fingerprint density at radius 1 is 1.31 bits per heavy atom. The van der Waals surface area contributed by atoms with E-state index in [0.717, 1.165) is 12.1 Å². The van der Waals surface area contributed by atoms with Gasteiger partial charge in [0.2, 0.25) is 0 Å². The predicted molar refractivity (Wildman–Crippen MR) is 105 cm³/mol. The third-order valence-corrected chi connectivity index (χ3v) is 5.24. The van der Waals surface area contributed by atoms with Gasteiger partial charge in [-0.3, -0.25) is 14.9 Å². The summed E-state index contributed by atoms with van der Waals surface area (Å²) >= 11 is 7.40. The molecule has 0 bridgehead atoms. The maximum absolute atomic E-state index is 12.2. The number of nitrogens with one attached hydrogen (secondary N) is 2. The highest BCUT2D eigenvalue weighted by atomic mass is 35.5. The van der Waals surface area contributed by atoms with Gasteiger partial charge >= 0.3 is 0 Å². The maximum Gasteiger partial charge on any atom is 0.270 e. The van der Waals surface area contributed by atoms with E-state index in [9.17, 15) is 14.9 Å². The van der Waals surface area contributed by atoms with Crippen LogP contribution in [0.1, 0.15) is 18.1 Å². The van der Waals surface area contributed by atoms with Crippen LogP contribution < -0.4 is 10.6 Å². The molecule has 1 aliphatic rings. The summed E-state index contributed by atoms with van der Waals surface area (Å²) in [6.45, 7) is 2.09. The lowest BCUT2D eigenvalue weighted by Gasteiger charge is -2.12. The number of carbonyl (C=O) groups excluding carboxylic acids is 1. The number of hydrogen-bond donors (Lipinski definition) is 2. The van der Waals surface area contributed by atoms with Gasteiger partial charge in [-0.15, -0.1) is 0 Å². The van der Waals surface area contributed by atoms with Crippen molar-refractivity contribution in [3.05, 3.63) is 73.6 Å². The van der Waals surface area contributed by atoms with Crippen LogP contribution in [0.25, 0.3) is 6.08 Å². The second-order valence-electron chi connectivity index (χ2n) is 5.64. The molecule has 2 aromatic carbocycles. The zero-order valence-electron chi connectivity index (χ0n) is 13.9. The molecule has 1 atom stereocenters. The number of benzene rings is 2. The number of aryl methyl sites for hydroxylation is 1. The molecule has 3 rings (SSSR count). The fraction of sp³-hybridized carbons (Fsp3) is 0.167. The van der Waals surface area contributed by atoms with Gasteiger partial charge in [0.1, 0.15) is 0 Å². The zero-order valence-corrected chi connectivity index (χ0v) is 15.4. The van der Waals surface area contributed by atoms with Crippen molar-refractivity contribution < 1.29 is 9.72 Å². The van der Waals surface area contributed by atoms with Crippen molar-refractivity contribution in [1.82, 2.24) is 5.32 Å². The molecular weight excluding hydrogens is 374 g/mol. The summed E-state index contributed by atoms with van der Waals surface area (Å²) in [5, 5.41) is 17.3. The topological polar surface area (TPSA) is 84.3 Å². The van der Waals surface area contributed by atoms with Gasteiger partial charge in [0, 0.05) is 28.4 Å². The van der Waals surface area contributed by atoms with Gasteiger partial charge in [0.05, 0.1) is 9.83 Å². The molecule has 0 radical (unpaired) electrons. The highest BCUT2D eigenvalue weighted by molar-refractivity contribution is 8.05. The van der Waals surface area contributed by atoms with Crippen LogP contribution in [0, 0.1) is 10.1 Å². The van der Waals surface area contributed by atoms with E-state index in [2.05, 4.69) is 17.6 Å². The monoisotopic (exact) mass is 389 g/mol. The van der Waals surface area contributed by atoms with E-state index in [1.807, 2.05) is 24.3 Å². The van der Waals surface area contributed by atoms with Gasteiger partial charge < -0.3 is 10.6 Å². The van der Waals surface area contributed by atoms with Gasteiger partial charge in [0.25, 0.3) is 11.6 Å². The van der Waals surface area contributed by atoms with E-state index in [4.69, 9.17) is 11.6 Å². The minimum atomic E-state index is -0.496. The van der Waals surface area contributed by atoms with Crippen molar-refractivity contribution in [3.8, 4) is 0 Å². The molecule has 1 amide bonds. The molecule has 26 heavy (non-hydrogen) atoms. The number of anilines is 1. The van der Waals surface area contributed by atoms with E-state index in [1.165, 1.54) is 35.5 Å². The van der Waals surface area contributed by atoms with Crippen LogP contribution in [0.15, 0.2) is 47.4 Å². The Morgan fingerprint density at radius 2 is 2.04 bits per heavy atom. The number of rotatable bonds is 5. The van der Waals surface area contributed by atoms with Gasteiger partial charge in [-0.05, 0) is 36.3 Å². The first-order chi connectivity index (χ1) is 12.5. The Balaban J connectivity index is 1.76. The standard InChI is InChI=1S/C18H16ClN3O3S/c1-2-11-3-5-13(6-4-11)20-18-21-17(23)16(26-18)10-12-9-14(22(24)25)7-8-15(12)19/h3-10,18,20H,2H2,1H3,(H,21,23)/b16-10-/t18-/m1/s1. The van der Waals surface area contributed by atoms with Crippen molar-refractivity contribution >= 4 is 46.7 Å². The van der Waals surface area contributed by atoms with E-state index < -0.39 is 4.92 Å². The summed E-state index contributed by atoms with van der Waals surface area (Å²) in [6, 6.07) is 12.1. The minimum Gasteiger partial charge on any atom is -0.357 e. The third-order valence-electron chi connectivity index (χ3n) is 3.87.